The van der Waals surface area contributed by atoms with Crippen LogP contribution >= 0.6 is 0 Å². The highest BCUT2D eigenvalue weighted by molar-refractivity contribution is 5.95. The van der Waals surface area contributed by atoms with Crippen LogP contribution in [0.2, 0.25) is 0 Å². The number of piperidine rings is 1. The van der Waals surface area contributed by atoms with Gasteiger partial charge in [-0.15, -0.1) is 0 Å². The molecule has 1 fully saturated rings. The fourth-order valence-electron chi connectivity index (χ4n) is 2.99. The predicted molar refractivity (Wildman–Crippen MR) is 83.3 cm³/mol. The standard InChI is InChI=1S/C17H23NO4/c1-11-5-4-6-18(9-11)17(21)14-7-12(2)16(13(3)8-14)22-10-15(19)20/h7-8,11H,4-6,9-10H2,1-3H3,(H,19,20). The molecule has 1 N–H and O–H groups in total. The van der Waals surface area contributed by atoms with Gasteiger partial charge in [-0.2, -0.15) is 0 Å². The summed E-state index contributed by atoms with van der Waals surface area (Å²) in [7, 11) is 0. The Balaban J connectivity index is 2.18. The van der Waals surface area contributed by atoms with E-state index in [0.29, 0.717) is 17.2 Å². The van der Waals surface area contributed by atoms with Crippen molar-refractivity contribution in [1.82, 2.24) is 4.90 Å². The number of likely N-dealkylation sites (tertiary alicyclic amines) is 1. The molecule has 0 aliphatic carbocycles. The minimum Gasteiger partial charge on any atom is -0.481 e. The van der Waals surface area contributed by atoms with Crippen molar-refractivity contribution in [1.29, 1.82) is 0 Å². The zero-order valence-corrected chi connectivity index (χ0v) is 13.4. The van der Waals surface area contributed by atoms with Gasteiger partial charge < -0.3 is 14.7 Å². The van der Waals surface area contributed by atoms with Crippen molar-refractivity contribution in [3.63, 3.8) is 0 Å². The van der Waals surface area contributed by atoms with Crippen LogP contribution in [0.3, 0.4) is 0 Å². The predicted octanol–water partition coefficient (Wildman–Crippen LogP) is 2.64. The van der Waals surface area contributed by atoms with E-state index in [1.54, 1.807) is 12.1 Å². The van der Waals surface area contributed by atoms with Gasteiger partial charge in [0.05, 0.1) is 0 Å². The number of ether oxygens (including phenoxy) is 1. The maximum atomic E-state index is 12.6. The minimum absolute atomic E-state index is 0.0440. The van der Waals surface area contributed by atoms with Crippen molar-refractivity contribution >= 4 is 11.9 Å². The molecular formula is C17H23NO4. The van der Waals surface area contributed by atoms with Crippen molar-refractivity contribution in [3.05, 3.63) is 28.8 Å². The lowest BCUT2D eigenvalue weighted by molar-refractivity contribution is -0.139. The summed E-state index contributed by atoms with van der Waals surface area (Å²) in [5.74, 6) is 0.118. The second kappa shape index (κ2) is 6.81. The van der Waals surface area contributed by atoms with E-state index in [4.69, 9.17) is 9.84 Å². The number of amides is 1. The summed E-state index contributed by atoms with van der Waals surface area (Å²) in [6.45, 7) is 7.06. The molecule has 1 aliphatic heterocycles. The van der Waals surface area contributed by atoms with E-state index in [2.05, 4.69) is 6.92 Å². The molecule has 0 bridgehead atoms. The van der Waals surface area contributed by atoms with Crippen LogP contribution in [0.15, 0.2) is 12.1 Å². The molecule has 1 saturated heterocycles. The summed E-state index contributed by atoms with van der Waals surface area (Å²) in [5, 5.41) is 8.71. The van der Waals surface area contributed by atoms with Crippen LogP contribution in [-0.4, -0.2) is 41.6 Å². The Morgan fingerprint density at radius 2 is 1.95 bits per heavy atom. The molecule has 0 radical (unpaired) electrons. The molecule has 2 rings (SSSR count). The van der Waals surface area contributed by atoms with E-state index in [0.717, 1.165) is 30.6 Å². The average Bonchev–Trinajstić information content (AvgIpc) is 2.45. The summed E-state index contributed by atoms with van der Waals surface area (Å²) in [6.07, 6.45) is 2.22. The topological polar surface area (TPSA) is 66.8 Å². The van der Waals surface area contributed by atoms with E-state index < -0.39 is 5.97 Å². The number of carbonyl (C=O) groups is 2. The van der Waals surface area contributed by atoms with Gasteiger partial charge in [0, 0.05) is 18.7 Å². The maximum Gasteiger partial charge on any atom is 0.341 e. The third-order valence-electron chi connectivity index (χ3n) is 3.99. The van der Waals surface area contributed by atoms with Crippen LogP contribution in [0, 0.1) is 19.8 Å². The van der Waals surface area contributed by atoms with E-state index in [-0.39, 0.29) is 12.5 Å². The number of carboxylic acid groups (broad SMARTS) is 1. The van der Waals surface area contributed by atoms with Crippen LogP contribution in [0.4, 0.5) is 0 Å². The largest absolute Gasteiger partial charge is 0.481 e. The Hall–Kier alpha value is -2.04. The first-order valence-corrected chi connectivity index (χ1v) is 7.63. The minimum atomic E-state index is -1.01. The highest BCUT2D eigenvalue weighted by Gasteiger charge is 2.23. The molecule has 1 aromatic rings. The Morgan fingerprint density at radius 1 is 1.32 bits per heavy atom. The van der Waals surface area contributed by atoms with Gasteiger partial charge in [0.2, 0.25) is 0 Å². The molecule has 1 amide bonds. The van der Waals surface area contributed by atoms with Crippen molar-refractivity contribution in [3.8, 4) is 5.75 Å². The Bertz CT molecular complexity index is 559. The summed E-state index contributed by atoms with van der Waals surface area (Å²) in [4.78, 5) is 25.1. The van der Waals surface area contributed by atoms with Crippen molar-refractivity contribution in [2.75, 3.05) is 19.7 Å². The first-order valence-electron chi connectivity index (χ1n) is 7.63. The quantitative estimate of drug-likeness (QED) is 0.928. The number of aliphatic carboxylic acids is 1. The second-order valence-electron chi connectivity index (χ2n) is 6.12. The molecule has 1 heterocycles. The number of carboxylic acids is 1. The Kier molecular flexibility index (Phi) is 5.06. The smallest absolute Gasteiger partial charge is 0.341 e. The van der Waals surface area contributed by atoms with E-state index in [1.165, 1.54) is 6.42 Å². The van der Waals surface area contributed by atoms with Gasteiger partial charge in [-0.05, 0) is 55.9 Å². The number of hydrogen-bond acceptors (Lipinski definition) is 3. The Labute approximate surface area is 130 Å². The lowest BCUT2D eigenvalue weighted by atomic mass is 9.98. The molecule has 1 unspecified atom stereocenters. The lowest BCUT2D eigenvalue weighted by Gasteiger charge is -2.31. The zero-order chi connectivity index (χ0) is 16.3. The molecule has 0 aromatic heterocycles. The molecule has 120 valence electrons. The first kappa shape index (κ1) is 16.3. The number of carbonyl (C=O) groups excluding carboxylic acids is 1. The Morgan fingerprint density at radius 3 is 2.50 bits per heavy atom. The molecule has 22 heavy (non-hydrogen) atoms. The van der Waals surface area contributed by atoms with Crippen LogP contribution in [0.5, 0.6) is 5.75 Å². The third kappa shape index (κ3) is 3.78. The van der Waals surface area contributed by atoms with E-state index >= 15 is 0 Å². The van der Waals surface area contributed by atoms with Crippen LogP contribution < -0.4 is 4.74 Å². The number of nitrogens with zero attached hydrogens (tertiary/aromatic N) is 1. The molecule has 1 aromatic carbocycles. The van der Waals surface area contributed by atoms with Gasteiger partial charge in [-0.25, -0.2) is 4.79 Å². The lowest BCUT2D eigenvalue weighted by Crippen LogP contribution is -2.39. The summed E-state index contributed by atoms with van der Waals surface area (Å²) < 4.78 is 5.30. The highest BCUT2D eigenvalue weighted by Crippen LogP contribution is 2.26. The van der Waals surface area contributed by atoms with Crippen LogP contribution in [0.25, 0.3) is 0 Å². The summed E-state index contributed by atoms with van der Waals surface area (Å²) >= 11 is 0. The number of rotatable bonds is 4. The summed E-state index contributed by atoms with van der Waals surface area (Å²) in [5.41, 5.74) is 2.22. The fourth-order valence-corrected chi connectivity index (χ4v) is 2.99. The molecular weight excluding hydrogens is 282 g/mol. The summed E-state index contributed by atoms with van der Waals surface area (Å²) in [6, 6.07) is 3.57. The van der Waals surface area contributed by atoms with Gasteiger partial charge in [-0.1, -0.05) is 6.92 Å². The van der Waals surface area contributed by atoms with Crippen LogP contribution in [0.1, 0.15) is 41.3 Å². The number of aryl methyl sites for hydroxylation is 2. The van der Waals surface area contributed by atoms with Gasteiger partial charge in [0.1, 0.15) is 5.75 Å². The third-order valence-corrected chi connectivity index (χ3v) is 3.99. The number of benzene rings is 1. The zero-order valence-electron chi connectivity index (χ0n) is 13.4. The van der Waals surface area contributed by atoms with Crippen molar-refractivity contribution < 1.29 is 19.4 Å². The fraction of sp³-hybridized carbons (Fsp3) is 0.529. The van der Waals surface area contributed by atoms with Crippen LogP contribution in [-0.2, 0) is 4.79 Å². The number of hydrogen-bond donors (Lipinski definition) is 1. The second-order valence-corrected chi connectivity index (χ2v) is 6.12. The molecule has 0 spiro atoms. The SMILES string of the molecule is Cc1cc(C(=O)N2CCCC(C)C2)cc(C)c1OCC(=O)O. The first-order chi connectivity index (χ1) is 10.4. The van der Waals surface area contributed by atoms with Gasteiger partial charge in [-0.3, -0.25) is 4.79 Å². The van der Waals surface area contributed by atoms with E-state index in [9.17, 15) is 9.59 Å². The van der Waals surface area contributed by atoms with Crippen molar-refractivity contribution in [2.45, 2.75) is 33.6 Å². The molecule has 0 saturated carbocycles. The molecule has 1 atom stereocenters. The molecule has 1 aliphatic rings. The average molecular weight is 305 g/mol. The highest BCUT2D eigenvalue weighted by atomic mass is 16.5. The normalized spacial score (nSPS) is 18.1. The van der Waals surface area contributed by atoms with E-state index in [1.807, 2.05) is 18.7 Å². The maximum absolute atomic E-state index is 12.6. The van der Waals surface area contributed by atoms with Gasteiger partial charge in [0.15, 0.2) is 6.61 Å². The molecule has 5 heteroatoms. The van der Waals surface area contributed by atoms with Gasteiger partial charge in [0.25, 0.3) is 5.91 Å². The van der Waals surface area contributed by atoms with Crippen molar-refractivity contribution in [2.24, 2.45) is 5.92 Å². The monoisotopic (exact) mass is 305 g/mol. The van der Waals surface area contributed by atoms with Gasteiger partial charge >= 0.3 is 5.97 Å². The molecule has 5 nitrogen and oxygen atoms in total.